The first kappa shape index (κ1) is 20.5. The Morgan fingerprint density at radius 2 is 1.76 bits per heavy atom. The van der Waals surface area contributed by atoms with Gasteiger partial charge in [0.25, 0.3) is 0 Å². The zero-order valence-electron chi connectivity index (χ0n) is 17.4. The second-order valence-electron chi connectivity index (χ2n) is 8.21. The molecule has 0 aliphatic carbocycles. The van der Waals surface area contributed by atoms with Crippen molar-refractivity contribution >= 4 is 21.9 Å². The lowest BCUT2D eigenvalue weighted by Gasteiger charge is -2.25. The van der Waals surface area contributed by atoms with Crippen molar-refractivity contribution in [1.29, 1.82) is 0 Å². The number of aromatic hydroxyl groups is 3. The number of hydrogen-bond acceptors (Lipinski definition) is 5. The minimum Gasteiger partial charge on any atom is -0.507 e. The number of aryl methyl sites for hydroxylation is 1. The van der Waals surface area contributed by atoms with Gasteiger partial charge >= 0.3 is 0 Å². The summed E-state index contributed by atoms with van der Waals surface area (Å²) in [6, 6.07) is 3.19. The van der Waals surface area contributed by atoms with Gasteiger partial charge in [-0.2, -0.15) is 0 Å². The van der Waals surface area contributed by atoms with Crippen molar-refractivity contribution in [1.82, 2.24) is 0 Å². The monoisotopic (exact) mass is 394 g/mol. The van der Waals surface area contributed by atoms with E-state index in [1.807, 2.05) is 33.8 Å². The van der Waals surface area contributed by atoms with Gasteiger partial charge in [-0.3, -0.25) is 4.79 Å². The molecule has 0 aliphatic heterocycles. The lowest BCUT2D eigenvalue weighted by atomic mass is 9.81. The predicted molar refractivity (Wildman–Crippen MR) is 116 cm³/mol. The van der Waals surface area contributed by atoms with Gasteiger partial charge in [-0.25, -0.2) is 0 Å². The predicted octanol–water partition coefficient (Wildman–Crippen LogP) is 5.34. The third-order valence-electron chi connectivity index (χ3n) is 5.38. The largest absolute Gasteiger partial charge is 0.507 e. The number of fused-ring (bicyclic) bond motifs is 2. The highest BCUT2D eigenvalue weighted by atomic mass is 16.4. The summed E-state index contributed by atoms with van der Waals surface area (Å²) in [7, 11) is 0. The smallest absolute Gasteiger partial charge is 0.204 e. The Morgan fingerprint density at radius 3 is 2.34 bits per heavy atom. The van der Waals surface area contributed by atoms with Crippen LogP contribution >= 0.6 is 0 Å². The van der Waals surface area contributed by atoms with Crippen molar-refractivity contribution in [3.8, 4) is 17.2 Å². The summed E-state index contributed by atoms with van der Waals surface area (Å²) in [5, 5.41) is 32.6. The van der Waals surface area contributed by atoms with E-state index in [-0.39, 0.29) is 51.2 Å². The fourth-order valence-electron chi connectivity index (χ4n) is 3.45. The average Bonchev–Trinajstić information content (AvgIpc) is 2.64. The Labute approximate surface area is 169 Å². The summed E-state index contributed by atoms with van der Waals surface area (Å²) < 4.78 is 5.97. The van der Waals surface area contributed by atoms with Crippen LogP contribution in [0.3, 0.4) is 0 Å². The molecule has 0 unspecified atom stereocenters. The first-order chi connectivity index (χ1) is 13.5. The van der Waals surface area contributed by atoms with Crippen LogP contribution in [0.15, 0.2) is 45.6 Å². The van der Waals surface area contributed by atoms with E-state index in [1.54, 1.807) is 25.1 Å². The van der Waals surface area contributed by atoms with Crippen molar-refractivity contribution < 1.29 is 19.7 Å². The summed E-state index contributed by atoms with van der Waals surface area (Å²) in [5.74, 6) is -0.599. The van der Waals surface area contributed by atoms with E-state index in [1.165, 1.54) is 0 Å². The Hall–Kier alpha value is -3.21. The van der Waals surface area contributed by atoms with Gasteiger partial charge in [-0.05, 0) is 38.8 Å². The molecule has 0 atom stereocenters. The molecule has 0 saturated heterocycles. The first-order valence-corrected chi connectivity index (χ1v) is 9.44. The van der Waals surface area contributed by atoms with E-state index in [9.17, 15) is 20.1 Å². The molecule has 0 amide bonds. The SMILES string of the molecule is C=CC(C)(C)c1c(O)c(CC=C(C)C)c(O)c2c(=O)c3ccc(C)c(O)c3oc12. The van der Waals surface area contributed by atoms with E-state index >= 15 is 0 Å². The zero-order chi connectivity index (χ0) is 21.7. The number of hydrogen-bond donors (Lipinski definition) is 3. The minimum absolute atomic E-state index is 0.0133. The quantitative estimate of drug-likeness (QED) is 0.410. The zero-order valence-corrected chi connectivity index (χ0v) is 17.4. The number of allylic oxidation sites excluding steroid dienone is 3. The molecule has 0 aliphatic rings. The summed E-state index contributed by atoms with van der Waals surface area (Å²) in [4.78, 5) is 13.3. The van der Waals surface area contributed by atoms with Crippen molar-refractivity contribution in [2.45, 2.75) is 46.5 Å². The van der Waals surface area contributed by atoms with Crippen molar-refractivity contribution in [3.63, 3.8) is 0 Å². The van der Waals surface area contributed by atoms with Gasteiger partial charge < -0.3 is 19.7 Å². The topological polar surface area (TPSA) is 90.9 Å². The van der Waals surface area contributed by atoms with Crippen LogP contribution in [0.1, 0.15) is 44.4 Å². The maximum absolute atomic E-state index is 13.3. The van der Waals surface area contributed by atoms with Crippen LogP contribution in [-0.2, 0) is 11.8 Å². The molecule has 29 heavy (non-hydrogen) atoms. The molecule has 5 nitrogen and oxygen atoms in total. The van der Waals surface area contributed by atoms with Crippen LogP contribution in [0.2, 0.25) is 0 Å². The van der Waals surface area contributed by atoms with E-state index in [0.717, 1.165) is 5.57 Å². The highest BCUT2D eigenvalue weighted by molar-refractivity contribution is 5.99. The maximum atomic E-state index is 13.3. The normalized spacial score (nSPS) is 11.8. The van der Waals surface area contributed by atoms with Gasteiger partial charge in [0.2, 0.25) is 5.43 Å². The molecule has 5 heteroatoms. The third kappa shape index (κ3) is 3.16. The summed E-state index contributed by atoms with van der Waals surface area (Å²) in [5.41, 5.74) is 1.01. The Balaban J connectivity index is 2.63. The molecule has 0 bridgehead atoms. The molecule has 3 rings (SSSR count). The lowest BCUT2D eigenvalue weighted by molar-refractivity contribution is 0.428. The van der Waals surface area contributed by atoms with Crippen LogP contribution in [0.4, 0.5) is 0 Å². The van der Waals surface area contributed by atoms with Gasteiger partial charge in [-0.1, -0.05) is 37.6 Å². The molecule has 0 saturated carbocycles. The number of phenolic OH excluding ortho intramolecular Hbond substituents is 3. The maximum Gasteiger partial charge on any atom is 0.204 e. The number of rotatable bonds is 4. The van der Waals surface area contributed by atoms with Gasteiger partial charge in [0.1, 0.15) is 22.5 Å². The molecular weight excluding hydrogens is 368 g/mol. The minimum atomic E-state index is -0.765. The first-order valence-electron chi connectivity index (χ1n) is 9.44. The molecule has 0 spiro atoms. The molecule has 3 aromatic rings. The summed E-state index contributed by atoms with van der Waals surface area (Å²) in [6.07, 6.45) is 3.76. The highest BCUT2D eigenvalue weighted by Gasteiger charge is 2.31. The Kier molecular flexibility index (Phi) is 4.95. The van der Waals surface area contributed by atoms with Crippen LogP contribution in [0.5, 0.6) is 17.2 Å². The molecule has 1 aromatic heterocycles. The second kappa shape index (κ2) is 6.99. The van der Waals surface area contributed by atoms with Gasteiger partial charge in [-0.15, -0.1) is 6.58 Å². The Bertz CT molecular complexity index is 1240. The van der Waals surface area contributed by atoms with Crippen LogP contribution in [0, 0.1) is 6.92 Å². The number of phenols is 3. The highest BCUT2D eigenvalue weighted by Crippen LogP contribution is 2.46. The molecule has 0 fully saturated rings. The van der Waals surface area contributed by atoms with E-state index in [0.29, 0.717) is 11.1 Å². The van der Waals surface area contributed by atoms with Gasteiger partial charge in [0.15, 0.2) is 11.3 Å². The molecule has 2 aromatic carbocycles. The van der Waals surface area contributed by atoms with Gasteiger partial charge in [0, 0.05) is 16.5 Å². The molecule has 0 radical (unpaired) electrons. The van der Waals surface area contributed by atoms with E-state index < -0.39 is 10.8 Å². The average molecular weight is 394 g/mol. The standard InChI is InChI=1S/C24H26O5/c1-7-24(5,6)17-21(28)14(10-8-12(2)3)19(26)16-20(27)15-11-9-13(4)18(25)22(15)29-23(16)17/h7-9,11,25-26,28H,1,10H2,2-6H3. The number of benzene rings is 2. The van der Waals surface area contributed by atoms with Crippen LogP contribution in [0.25, 0.3) is 21.9 Å². The van der Waals surface area contributed by atoms with E-state index in [4.69, 9.17) is 4.42 Å². The van der Waals surface area contributed by atoms with Crippen molar-refractivity contribution in [2.75, 3.05) is 0 Å². The van der Waals surface area contributed by atoms with Gasteiger partial charge in [0.05, 0.1) is 5.39 Å². The van der Waals surface area contributed by atoms with Crippen LogP contribution in [-0.4, -0.2) is 15.3 Å². The third-order valence-corrected chi connectivity index (χ3v) is 5.38. The van der Waals surface area contributed by atoms with Crippen LogP contribution < -0.4 is 5.43 Å². The molecule has 152 valence electrons. The molecule has 3 N–H and O–H groups in total. The summed E-state index contributed by atoms with van der Waals surface area (Å²) >= 11 is 0. The second-order valence-corrected chi connectivity index (χ2v) is 8.21. The van der Waals surface area contributed by atoms with Crippen molar-refractivity contribution in [3.05, 3.63) is 63.4 Å². The molecule has 1 heterocycles. The summed E-state index contributed by atoms with van der Waals surface area (Å²) in [6.45, 7) is 13.0. The fraction of sp³-hybridized carbons (Fsp3) is 0.292. The van der Waals surface area contributed by atoms with E-state index in [2.05, 4.69) is 6.58 Å². The van der Waals surface area contributed by atoms with Crippen molar-refractivity contribution in [2.24, 2.45) is 0 Å². The fourth-order valence-corrected chi connectivity index (χ4v) is 3.45. The molecular formula is C24H26O5. The lowest BCUT2D eigenvalue weighted by Crippen LogP contribution is -2.17. The Morgan fingerprint density at radius 1 is 1.10 bits per heavy atom.